The fraction of sp³-hybridized carbons (Fsp3) is 0.727. The monoisotopic (exact) mass is 229 g/mol. The van der Waals surface area contributed by atoms with Crippen molar-refractivity contribution in [3.05, 3.63) is 16.7 Å². The maximum atomic E-state index is 6.03. The summed E-state index contributed by atoms with van der Waals surface area (Å²) in [5.74, 6) is 0.986. The van der Waals surface area contributed by atoms with E-state index < -0.39 is 0 Å². The predicted molar refractivity (Wildman–Crippen MR) is 64.2 cm³/mol. The van der Waals surface area contributed by atoms with Crippen molar-refractivity contribution >= 4 is 11.6 Å². The number of nitrogens with two attached hydrogens (primary N) is 1. The van der Waals surface area contributed by atoms with E-state index in [4.69, 9.17) is 17.3 Å². The van der Waals surface area contributed by atoms with Crippen molar-refractivity contribution in [2.24, 2.45) is 5.73 Å². The number of nitrogens with one attached hydrogen (secondary N) is 1. The minimum atomic E-state index is 0.168. The number of rotatable bonds is 6. The number of hydrogen-bond acceptors (Lipinski definition) is 2. The number of aromatic nitrogens is 2. The zero-order chi connectivity index (χ0) is 11.3. The first-order valence-corrected chi connectivity index (χ1v) is 6.04. The smallest absolute Gasteiger partial charge is 0.150 e. The van der Waals surface area contributed by atoms with Crippen LogP contribution in [0.5, 0.6) is 0 Å². The normalized spacial score (nSPS) is 13.1. The third kappa shape index (κ3) is 3.84. The second-order valence-corrected chi connectivity index (χ2v) is 4.29. The van der Waals surface area contributed by atoms with Crippen molar-refractivity contribution in [1.82, 2.24) is 9.97 Å². The lowest BCUT2D eigenvalue weighted by Crippen LogP contribution is -2.21. The number of H-pyrrole nitrogens is 1. The molecule has 0 fully saturated rings. The van der Waals surface area contributed by atoms with Gasteiger partial charge in [0, 0.05) is 18.9 Å². The molecule has 0 aliphatic rings. The van der Waals surface area contributed by atoms with Gasteiger partial charge < -0.3 is 10.7 Å². The Kier molecular flexibility index (Phi) is 5.12. The Morgan fingerprint density at radius 3 is 2.80 bits per heavy atom. The third-order valence-electron chi connectivity index (χ3n) is 2.54. The zero-order valence-corrected chi connectivity index (χ0v) is 10.3. The molecule has 3 N–H and O–H groups in total. The minimum Gasteiger partial charge on any atom is -0.345 e. The highest BCUT2D eigenvalue weighted by atomic mass is 35.5. The van der Waals surface area contributed by atoms with E-state index in [0.29, 0.717) is 5.15 Å². The molecule has 0 saturated heterocycles. The van der Waals surface area contributed by atoms with Crippen LogP contribution in [0, 0.1) is 0 Å². The van der Waals surface area contributed by atoms with Gasteiger partial charge in [0.2, 0.25) is 0 Å². The van der Waals surface area contributed by atoms with E-state index in [1.165, 1.54) is 6.42 Å². The SMILES string of the molecule is CCCCc1nc(Cl)c(CC(N)CC)[nH]1. The lowest BCUT2D eigenvalue weighted by molar-refractivity contribution is 0.637. The van der Waals surface area contributed by atoms with Gasteiger partial charge in [-0.25, -0.2) is 4.98 Å². The molecule has 0 spiro atoms. The fourth-order valence-corrected chi connectivity index (χ4v) is 1.67. The molecule has 1 atom stereocenters. The maximum absolute atomic E-state index is 6.03. The molecule has 0 amide bonds. The Balaban J connectivity index is 2.60. The van der Waals surface area contributed by atoms with Crippen molar-refractivity contribution in [3.63, 3.8) is 0 Å². The molecule has 4 heteroatoms. The van der Waals surface area contributed by atoms with Crippen LogP contribution in [-0.2, 0) is 12.8 Å². The number of halogens is 1. The molecule has 1 heterocycles. The van der Waals surface area contributed by atoms with Crippen molar-refractivity contribution in [2.45, 2.75) is 52.0 Å². The van der Waals surface area contributed by atoms with E-state index in [1.807, 2.05) is 0 Å². The lowest BCUT2D eigenvalue weighted by atomic mass is 10.1. The van der Waals surface area contributed by atoms with Crippen LogP contribution in [0.25, 0.3) is 0 Å². The van der Waals surface area contributed by atoms with Crippen molar-refractivity contribution < 1.29 is 0 Å². The molecule has 3 nitrogen and oxygen atoms in total. The van der Waals surface area contributed by atoms with Gasteiger partial charge >= 0.3 is 0 Å². The topological polar surface area (TPSA) is 54.7 Å². The van der Waals surface area contributed by atoms with E-state index in [9.17, 15) is 0 Å². The summed E-state index contributed by atoms with van der Waals surface area (Å²) in [4.78, 5) is 7.55. The number of nitrogens with zero attached hydrogens (tertiary/aromatic N) is 1. The van der Waals surface area contributed by atoms with E-state index in [0.717, 1.165) is 37.2 Å². The van der Waals surface area contributed by atoms with Crippen molar-refractivity contribution in [2.75, 3.05) is 0 Å². The van der Waals surface area contributed by atoms with Crippen LogP contribution in [0.4, 0.5) is 0 Å². The average Bonchev–Trinajstić information content (AvgIpc) is 2.56. The van der Waals surface area contributed by atoms with Crippen molar-refractivity contribution in [3.8, 4) is 0 Å². The summed E-state index contributed by atoms with van der Waals surface area (Å²) < 4.78 is 0. The molecule has 0 bridgehead atoms. The van der Waals surface area contributed by atoms with Gasteiger partial charge in [-0.3, -0.25) is 0 Å². The van der Waals surface area contributed by atoms with Gasteiger partial charge in [-0.05, 0) is 12.8 Å². The second-order valence-electron chi connectivity index (χ2n) is 3.93. The molecule has 1 aromatic heterocycles. The van der Waals surface area contributed by atoms with Crippen LogP contribution in [0.2, 0.25) is 5.15 Å². The van der Waals surface area contributed by atoms with Crippen LogP contribution in [0.3, 0.4) is 0 Å². The van der Waals surface area contributed by atoms with Gasteiger partial charge in [0.15, 0.2) is 0 Å². The number of aromatic amines is 1. The number of aryl methyl sites for hydroxylation is 1. The van der Waals surface area contributed by atoms with E-state index >= 15 is 0 Å². The summed E-state index contributed by atoms with van der Waals surface area (Å²) in [5, 5.41) is 0.588. The molecule has 15 heavy (non-hydrogen) atoms. The molecule has 1 rings (SSSR count). The molecular weight excluding hydrogens is 210 g/mol. The zero-order valence-electron chi connectivity index (χ0n) is 9.52. The first-order valence-electron chi connectivity index (χ1n) is 5.66. The van der Waals surface area contributed by atoms with Crippen LogP contribution >= 0.6 is 11.6 Å². The summed E-state index contributed by atoms with van der Waals surface area (Å²) in [5.41, 5.74) is 6.86. The number of hydrogen-bond donors (Lipinski definition) is 2. The molecule has 1 aromatic rings. The number of imidazole rings is 1. The van der Waals surface area contributed by atoms with Crippen LogP contribution in [-0.4, -0.2) is 16.0 Å². The number of unbranched alkanes of at least 4 members (excludes halogenated alkanes) is 1. The van der Waals surface area contributed by atoms with Gasteiger partial charge in [-0.15, -0.1) is 0 Å². The standard InChI is InChI=1S/C11H20ClN3/c1-3-5-6-10-14-9(11(12)15-10)7-8(13)4-2/h8H,3-7,13H2,1-2H3,(H,14,15). The lowest BCUT2D eigenvalue weighted by Gasteiger charge is -2.06. The van der Waals surface area contributed by atoms with E-state index in [-0.39, 0.29) is 6.04 Å². The summed E-state index contributed by atoms with van der Waals surface area (Å²) in [6, 6.07) is 0.168. The molecule has 0 aromatic carbocycles. The Labute approximate surface area is 96.4 Å². The summed E-state index contributed by atoms with van der Waals surface area (Å²) >= 11 is 6.03. The summed E-state index contributed by atoms with van der Waals surface area (Å²) in [6.45, 7) is 4.24. The molecular formula is C11H20ClN3. The minimum absolute atomic E-state index is 0.168. The third-order valence-corrected chi connectivity index (χ3v) is 2.85. The van der Waals surface area contributed by atoms with Gasteiger partial charge in [0.25, 0.3) is 0 Å². The highest BCUT2D eigenvalue weighted by molar-refractivity contribution is 6.30. The Hall–Kier alpha value is -0.540. The Bertz CT molecular complexity index is 296. The fourth-order valence-electron chi connectivity index (χ4n) is 1.44. The van der Waals surface area contributed by atoms with Crippen LogP contribution in [0.1, 0.15) is 44.6 Å². The highest BCUT2D eigenvalue weighted by Gasteiger charge is 2.10. The van der Waals surface area contributed by atoms with E-state index in [2.05, 4.69) is 23.8 Å². The quantitative estimate of drug-likeness (QED) is 0.788. The second kappa shape index (κ2) is 6.13. The largest absolute Gasteiger partial charge is 0.345 e. The predicted octanol–water partition coefficient (Wildman–Crippen LogP) is 2.69. The molecule has 0 aliphatic carbocycles. The van der Waals surface area contributed by atoms with Gasteiger partial charge in [0.1, 0.15) is 11.0 Å². The summed E-state index contributed by atoms with van der Waals surface area (Å²) in [6.07, 6.45) is 5.02. The maximum Gasteiger partial charge on any atom is 0.150 e. The molecule has 0 radical (unpaired) electrons. The molecule has 86 valence electrons. The molecule has 0 saturated carbocycles. The Morgan fingerprint density at radius 2 is 2.20 bits per heavy atom. The Morgan fingerprint density at radius 1 is 1.47 bits per heavy atom. The van der Waals surface area contributed by atoms with Gasteiger partial charge in [0.05, 0.1) is 5.69 Å². The molecule has 0 aliphatic heterocycles. The first kappa shape index (κ1) is 12.5. The van der Waals surface area contributed by atoms with Crippen molar-refractivity contribution in [1.29, 1.82) is 0 Å². The van der Waals surface area contributed by atoms with Gasteiger partial charge in [-0.1, -0.05) is 31.9 Å². The first-order chi connectivity index (χ1) is 7.17. The summed E-state index contributed by atoms with van der Waals surface area (Å²) in [7, 11) is 0. The van der Waals surface area contributed by atoms with Crippen LogP contribution in [0.15, 0.2) is 0 Å². The van der Waals surface area contributed by atoms with Crippen LogP contribution < -0.4 is 5.73 Å². The average molecular weight is 230 g/mol. The molecule has 1 unspecified atom stereocenters. The van der Waals surface area contributed by atoms with E-state index in [1.54, 1.807) is 0 Å². The van der Waals surface area contributed by atoms with Gasteiger partial charge in [-0.2, -0.15) is 0 Å². The highest BCUT2D eigenvalue weighted by Crippen LogP contribution is 2.16.